The molecule has 2 aromatic carbocycles. The van der Waals surface area contributed by atoms with E-state index in [-0.39, 0.29) is 10.7 Å². The average molecular weight is 357 g/mol. The number of anilines is 1. The minimum Gasteiger partial charge on any atom is -0.325 e. The summed E-state index contributed by atoms with van der Waals surface area (Å²) in [6.07, 6.45) is 0. The molecule has 3 aromatic rings. The van der Waals surface area contributed by atoms with Gasteiger partial charge in [0.15, 0.2) is 0 Å². The zero-order valence-electron chi connectivity index (χ0n) is 14.0. The number of hydrogen-bond acceptors (Lipinski definition) is 4. The molecule has 0 unspecified atom stereocenters. The fraction of sp³-hybridized carbons (Fsp3) is 0.263. The average Bonchev–Trinajstić information content (AvgIpc) is 2.96. The van der Waals surface area contributed by atoms with E-state index in [2.05, 4.69) is 32.2 Å². The third-order valence-corrected chi connectivity index (χ3v) is 5.70. The smallest absolute Gasteiger partial charge is 0.234 e. The van der Waals surface area contributed by atoms with Gasteiger partial charge in [-0.2, -0.15) is 0 Å². The maximum absolute atomic E-state index is 12.3. The first-order chi connectivity index (χ1) is 11.4. The van der Waals surface area contributed by atoms with Gasteiger partial charge >= 0.3 is 0 Å². The van der Waals surface area contributed by atoms with Gasteiger partial charge in [-0.1, -0.05) is 45.0 Å². The number of fused-ring (bicyclic) bond motifs is 1. The third-order valence-electron chi connectivity index (χ3n) is 3.36. The van der Waals surface area contributed by atoms with E-state index in [0.717, 1.165) is 26.5 Å². The van der Waals surface area contributed by atoms with E-state index in [1.807, 2.05) is 42.5 Å². The van der Waals surface area contributed by atoms with Gasteiger partial charge in [-0.15, -0.1) is 23.1 Å². The molecule has 1 N–H and O–H groups in total. The molecule has 0 aliphatic carbocycles. The first-order valence-electron chi connectivity index (χ1n) is 7.81. The molecule has 0 fully saturated rings. The van der Waals surface area contributed by atoms with Crippen LogP contribution in [0.3, 0.4) is 0 Å². The van der Waals surface area contributed by atoms with E-state index < -0.39 is 0 Å². The van der Waals surface area contributed by atoms with Crippen LogP contribution in [0.2, 0.25) is 0 Å². The Morgan fingerprint density at radius 3 is 2.58 bits per heavy atom. The summed E-state index contributed by atoms with van der Waals surface area (Å²) in [6, 6.07) is 15.9. The van der Waals surface area contributed by atoms with Crippen LogP contribution in [0.25, 0.3) is 20.8 Å². The number of para-hydroxylation sites is 2. The van der Waals surface area contributed by atoms with E-state index in [0.29, 0.717) is 5.75 Å². The first-order valence-corrected chi connectivity index (χ1v) is 9.61. The molecule has 0 saturated heterocycles. The maximum atomic E-state index is 12.3. The Kier molecular flexibility index (Phi) is 4.92. The van der Waals surface area contributed by atoms with Gasteiger partial charge < -0.3 is 5.32 Å². The fourth-order valence-corrected chi connectivity index (χ4v) is 3.88. The van der Waals surface area contributed by atoms with Crippen LogP contribution < -0.4 is 5.32 Å². The summed E-state index contributed by atoms with van der Waals surface area (Å²) < 4.78 is 1.22. The number of benzene rings is 2. The topological polar surface area (TPSA) is 42.0 Å². The van der Waals surface area contributed by atoms with Gasteiger partial charge in [0.25, 0.3) is 0 Å². The van der Waals surface area contributed by atoms with Crippen LogP contribution in [-0.4, -0.2) is 21.4 Å². The lowest BCUT2D eigenvalue weighted by Gasteiger charge is -2.17. The summed E-state index contributed by atoms with van der Waals surface area (Å²) in [7, 11) is 0. The lowest BCUT2D eigenvalue weighted by Crippen LogP contribution is -2.19. The molecule has 1 aromatic heterocycles. The number of carbonyl (C=O) groups excluding carboxylic acids is 1. The van der Waals surface area contributed by atoms with Gasteiger partial charge in [-0.25, -0.2) is 4.98 Å². The Balaban J connectivity index is 1.84. The molecule has 0 aliphatic rings. The lowest BCUT2D eigenvalue weighted by atomic mass is 10.2. The van der Waals surface area contributed by atoms with Crippen LogP contribution in [0.5, 0.6) is 0 Å². The van der Waals surface area contributed by atoms with Crippen molar-refractivity contribution in [2.75, 3.05) is 11.1 Å². The van der Waals surface area contributed by atoms with Crippen molar-refractivity contribution in [1.82, 2.24) is 4.98 Å². The molecule has 1 amide bonds. The van der Waals surface area contributed by atoms with Gasteiger partial charge in [0.05, 0.1) is 21.7 Å². The van der Waals surface area contributed by atoms with Crippen molar-refractivity contribution in [2.45, 2.75) is 25.5 Å². The van der Waals surface area contributed by atoms with E-state index in [1.165, 1.54) is 0 Å². The number of carbonyl (C=O) groups is 1. The summed E-state index contributed by atoms with van der Waals surface area (Å²) in [5.41, 5.74) is 2.77. The van der Waals surface area contributed by atoms with E-state index in [9.17, 15) is 4.79 Å². The second-order valence-corrected chi connectivity index (χ2v) is 9.31. The third kappa shape index (κ3) is 4.16. The highest BCUT2D eigenvalue weighted by Gasteiger charge is 2.15. The van der Waals surface area contributed by atoms with E-state index >= 15 is 0 Å². The number of nitrogens with zero attached hydrogens (tertiary/aromatic N) is 1. The van der Waals surface area contributed by atoms with Crippen molar-refractivity contribution >= 4 is 44.9 Å². The summed E-state index contributed by atoms with van der Waals surface area (Å²) in [6.45, 7) is 6.33. The van der Waals surface area contributed by atoms with Gasteiger partial charge in [-0.3, -0.25) is 4.79 Å². The molecule has 0 atom stereocenters. The van der Waals surface area contributed by atoms with Crippen LogP contribution >= 0.6 is 23.1 Å². The Hall–Kier alpha value is -1.85. The molecule has 0 spiro atoms. The minimum absolute atomic E-state index is 0.0171. The number of thiazole rings is 1. The predicted molar refractivity (Wildman–Crippen MR) is 106 cm³/mol. The molecule has 0 saturated carbocycles. The highest BCUT2D eigenvalue weighted by molar-refractivity contribution is 8.01. The molecule has 24 heavy (non-hydrogen) atoms. The van der Waals surface area contributed by atoms with Crippen molar-refractivity contribution < 1.29 is 4.79 Å². The van der Waals surface area contributed by atoms with Gasteiger partial charge in [0, 0.05) is 10.3 Å². The van der Waals surface area contributed by atoms with Gasteiger partial charge in [0.2, 0.25) is 5.91 Å². The fourth-order valence-electron chi connectivity index (χ4n) is 2.23. The SMILES string of the molecule is CC(C)(C)SCC(=O)Nc1ccccc1-c1nc2ccccc2s1. The largest absolute Gasteiger partial charge is 0.325 e. The maximum Gasteiger partial charge on any atom is 0.234 e. The highest BCUT2D eigenvalue weighted by atomic mass is 32.2. The Labute approximate surface area is 150 Å². The monoisotopic (exact) mass is 356 g/mol. The highest BCUT2D eigenvalue weighted by Crippen LogP contribution is 2.34. The number of thioether (sulfide) groups is 1. The van der Waals surface area contributed by atoms with E-state index in [4.69, 9.17) is 4.98 Å². The number of rotatable bonds is 4. The molecule has 0 bridgehead atoms. The number of nitrogens with one attached hydrogen (secondary N) is 1. The number of amides is 1. The van der Waals surface area contributed by atoms with Crippen molar-refractivity contribution in [1.29, 1.82) is 0 Å². The quantitative estimate of drug-likeness (QED) is 0.677. The Morgan fingerprint density at radius 1 is 1.12 bits per heavy atom. The van der Waals surface area contributed by atoms with Gasteiger partial charge in [0.1, 0.15) is 5.01 Å². The number of hydrogen-bond donors (Lipinski definition) is 1. The van der Waals surface area contributed by atoms with Crippen LogP contribution in [0.4, 0.5) is 5.69 Å². The summed E-state index contributed by atoms with van der Waals surface area (Å²) >= 11 is 3.28. The Morgan fingerprint density at radius 2 is 1.83 bits per heavy atom. The molecular formula is C19H20N2OS2. The zero-order chi connectivity index (χ0) is 17.2. The normalized spacial score (nSPS) is 11.6. The van der Waals surface area contributed by atoms with Crippen LogP contribution in [-0.2, 0) is 4.79 Å². The zero-order valence-corrected chi connectivity index (χ0v) is 15.6. The second kappa shape index (κ2) is 6.95. The lowest BCUT2D eigenvalue weighted by molar-refractivity contribution is -0.113. The number of aromatic nitrogens is 1. The van der Waals surface area contributed by atoms with Crippen LogP contribution in [0, 0.1) is 0 Å². The predicted octanol–water partition coefficient (Wildman–Crippen LogP) is 5.43. The molecule has 3 rings (SSSR count). The van der Waals surface area contributed by atoms with Crippen molar-refractivity contribution in [3.63, 3.8) is 0 Å². The minimum atomic E-state index is 0.0171. The van der Waals surface area contributed by atoms with Crippen LogP contribution in [0.1, 0.15) is 20.8 Å². The molecule has 0 aliphatic heterocycles. The molecule has 3 nitrogen and oxygen atoms in total. The Bertz CT molecular complexity index is 832. The summed E-state index contributed by atoms with van der Waals surface area (Å²) in [5, 5.41) is 3.96. The van der Waals surface area contributed by atoms with Crippen molar-refractivity contribution in [2.24, 2.45) is 0 Å². The molecule has 124 valence electrons. The first kappa shape index (κ1) is 17.0. The van der Waals surface area contributed by atoms with E-state index in [1.54, 1.807) is 23.1 Å². The van der Waals surface area contributed by atoms with Crippen LogP contribution in [0.15, 0.2) is 48.5 Å². The van der Waals surface area contributed by atoms with Crippen molar-refractivity contribution in [3.05, 3.63) is 48.5 Å². The standard InChI is InChI=1S/C19H20N2OS2/c1-19(2,3)23-12-17(22)20-14-9-5-4-8-13(14)18-21-15-10-6-7-11-16(15)24-18/h4-11H,12H2,1-3H3,(H,20,22). The molecule has 1 heterocycles. The molecule has 5 heteroatoms. The summed E-state index contributed by atoms with van der Waals surface area (Å²) in [5.74, 6) is 0.459. The van der Waals surface area contributed by atoms with Gasteiger partial charge in [-0.05, 0) is 24.3 Å². The summed E-state index contributed by atoms with van der Waals surface area (Å²) in [4.78, 5) is 17.0. The molecule has 0 radical (unpaired) electrons. The molecular weight excluding hydrogens is 336 g/mol. The second-order valence-electron chi connectivity index (χ2n) is 6.48. The van der Waals surface area contributed by atoms with Crippen molar-refractivity contribution in [3.8, 4) is 10.6 Å².